The van der Waals surface area contributed by atoms with Gasteiger partial charge < -0.3 is 9.39 Å². The molecule has 4 aromatic rings. The Bertz CT molecular complexity index is 1040. The second-order valence-electron chi connectivity index (χ2n) is 6.51. The lowest BCUT2D eigenvalue weighted by Gasteiger charge is -2.18. The monoisotopic (exact) mass is 353 g/mol. The van der Waals surface area contributed by atoms with Gasteiger partial charge in [-0.05, 0) is 42.1 Å². The van der Waals surface area contributed by atoms with Crippen LogP contribution in [0.2, 0.25) is 0 Å². The topological polar surface area (TPSA) is 31.4 Å². The van der Waals surface area contributed by atoms with Crippen molar-refractivity contribution in [3.8, 4) is 11.5 Å². The molecule has 0 unspecified atom stereocenters. The summed E-state index contributed by atoms with van der Waals surface area (Å²) in [5, 5.41) is 1.06. The number of hydrogen-bond acceptors (Lipinski definition) is 3. The van der Waals surface area contributed by atoms with Crippen molar-refractivity contribution in [2.45, 2.75) is 6.92 Å². The first-order valence-corrected chi connectivity index (χ1v) is 8.95. The Hall–Kier alpha value is -3.27. The normalized spacial score (nSPS) is 10.6. The SMILES string of the molecule is COc1ccc(B(Oc2cccc3cccnc23)c2ccc(C)cc2)cc1. The first-order valence-electron chi connectivity index (χ1n) is 8.95. The molecule has 0 fully saturated rings. The van der Waals surface area contributed by atoms with Gasteiger partial charge in [0.1, 0.15) is 17.0 Å². The van der Waals surface area contributed by atoms with Gasteiger partial charge in [-0.15, -0.1) is 0 Å². The van der Waals surface area contributed by atoms with E-state index in [4.69, 9.17) is 9.39 Å². The number of hydrogen-bond donors (Lipinski definition) is 0. The van der Waals surface area contributed by atoms with Crippen LogP contribution in [0.15, 0.2) is 85.1 Å². The molecule has 0 atom stereocenters. The summed E-state index contributed by atoms with van der Waals surface area (Å²) in [4.78, 5) is 4.52. The van der Waals surface area contributed by atoms with Crippen molar-refractivity contribution in [1.82, 2.24) is 4.98 Å². The number of fused-ring (bicyclic) bond motifs is 1. The maximum atomic E-state index is 6.51. The third kappa shape index (κ3) is 3.65. The summed E-state index contributed by atoms with van der Waals surface area (Å²) >= 11 is 0. The van der Waals surface area contributed by atoms with E-state index in [1.807, 2.05) is 54.6 Å². The molecule has 0 saturated heterocycles. The number of ether oxygens (including phenoxy) is 1. The molecule has 0 aliphatic heterocycles. The maximum Gasteiger partial charge on any atom is 0.426 e. The van der Waals surface area contributed by atoms with Crippen LogP contribution in [-0.4, -0.2) is 19.0 Å². The van der Waals surface area contributed by atoms with Crippen LogP contribution in [0.1, 0.15) is 5.56 Å². The molecule has 0 radical (unpaired) electrons. The molecule has 3 aromatic carbocycles. The Kier molecular flexibility index (Phi) is 4.79. The van der Waals surface area contributed by atoms with Crippen LogP contribution < -0.4 is 20.3 Å². The highest BCUT2D eigenvalue weighted by Crippen LogP contribution is 2.23. The lowest BCUT2D eigenvalue weighted by Crippen LogP contribution is -2.47. The fraction of sp³-hybridized carbons (Fsp3) is 0.0870. The van der Waals surface area contributed by atoms with Crippen molar-refractivity contribution >= 4 is 28.7 Å². The summed E-state index contributed by atoms with van der Waals surface area (Å²) in [7, 11) is 1.67. The van der Waals surface area contributed by atoms with Gasteiger partial charge >= 0.3 is 6.92 Å². The maximum absolute atomic E-state index is 6.51. The first kappa shape index (κ1) is 17.2. The second kappa shape index (κ2) is 7.54. The number of methoxy groups -OCH3 is 1. The Morgan fingerprint density at radius 3 is 2.15 bits per heavy atom. The van der Waals surface area contributed by atoms with Crippen LogP contribution >= 0.6 is 0 Å². The summed E-state index contributed by atoms with van der Waals surface area (Å²) in [5.74, 6) is 1.60. The van der Waals surface area contributed by atoms with Crippen LogP contribution in [0.5, 0.6) is 11.5 Å². The van der Waals surface area contributed by atoms with E-state index in [1.54, 1.807) is 13.3 Å². The molecule has 27 heavy (non-hydrogen) atoms. The molecule has 4 heteroatoms. The number of aromatic nitrogens is 1. The van der Waals surface area contributed by atoms with Crippen molar-refractivity contribution in [3.05, 3.63) is 90.6 Å². The molecule has 0 N–H and O–H groups in total. The van der Waals surface area contributed by atoms with Crippen molar-refractivity contribution in [1.29, 1.82) is 0 Å². The minimum atomic E-state index is -0.232. The van der Waals surface area contributed by atoms with Gasteiger partial charge in [0, 0.05) is 11.6 Å². The molecule has 4 rings (SSSR count). The summed E-state index contributed by atoms with van der Waals surface area (Å²) in [6, 6.07) is 26.4. The van der Waals surface area contributed by atoms with Gasteiger partial charge in [-0.1, -0.05) is 60.2 Å². The van der Waals surface area contributed by atoms with Gasteiger partial charge in [-0.3, -0.25) is 4.98 Å². The van der Waals surface area contributed by atoms with Crippen LogP contribution in [0.4, 0.5) is 0 Å². The second-order valence-corrected chi connectivity index (χ2v) is 6.51. The van der Waals surface area contributed by atoms with E-state index < -0.39 is 0 Å². The van der Waals surface area contributed by atoms with Gasteiger partial charge in [0.25, 0.3) is 0 Å². The highest BCUT2D eigenvalue weighted by atomic mass is 16.5. The Labute approximate surface area is 159 Å². The minimum absolute atomic E-state index is 0.232. The highest BCUT2D eigenvalue weighted by Gasteiger charge is 2.24. The zero-order chi connectivity index (χ0) is 18.6. The first-order chi connectivity index (χ1) is 13.2. The molecule has 0 amide bonds. The van der Waals surface area contributed by atoms with Crippen molar-refractivity contribution < 1.29 is 9.39 Å². The van der Waals surface area contributed by atoms with E-state index in [1.165, 1.54) is 5.56 Å². The van der Waals surface area contributed by atoms with Gasteiger partial charge in [0.05, 0.1) is 7.11 Å². The standard InChI is InChI=1S/C23H20BNO2/c1-17-8-10-19(11-9-17)24(20-12-14-21(26-2)15-13-20)27-22-7-3-5-18-6-4-16-25-23(18)22/h3-16H,1-2H3. The molecule has 0 aliphatic rings. The van der Waals surface area contributed by atoms with Crippen LogP contribution in [0.25, 0.3) is 10.9 Å². The number of benzene rings is 3. The largest absolute Gasteiger partial charge is 0.550 e. The van der Waals surface area contributed by atoms with E-state index in [0.29, 0.717) is 0 Å². The molecule has 0 aliphatic carbocycles. The third-order valence-electron chi connectivity index (χ3n) is 4.64. The Morgan fingerprint density at radius 1 is 0.778 bits per heavy atom. The molecule has 132 valence electrons. The fourth-order valence-electron chi connectivity index (χ4n) is 3.15. The Balaban J connectivity index is 1.78. The summed E-state index contributed by atoms with van der Waals surface area (Å²) in [6.45, 7) is 1.85. The fourth-order valence-corrected chi connectivity index (χ4v) is 3.15. The van der Waals surface area contributed by atoms with Gasteiger partial charge in [0.15, 0.2) is 0 Å². The summed E-state index contributed by atoms with van der Waals surface area (Å²) < 4.78 is 11.8. The summed E-state index contributed by atoms with van der Waals surface area (Å²) in [6.07, 6.45) is 1.80. The van der Waals surface area contributed by atoms with E-state index in [0.717, 1.165) is 33.3 Å². The van der Waals surface area contributed by atoms with Crippen LogP contribution in [-0.2, 0) is 0 Å². The summed E-state index contributed by atoms with van der Waals surface area (Å²) in [5.41, 5.74) is 4.25. The molecule has 0 bridgehead atoms. The van der Waals surface area contributed by atoms with E-state index in [9.17, 15) is 0 Å². The quantitative estimate of drug-likeness (QED) is 0.512. The molecule has 1 heterocycles. The minimum Gasteiger partial charge on any atom is -0.550 e. The highest BCUT2D eigenvalue weighted by molar-refractivity contribution is 6.80. The molecular formula is C23H20BNO2. The molecule has 0 spiro atoms. The number of rotatable bonds is 5. The lowest BCUT2D eigenvalue weighted by molar-refractivity contribution is 0.415. The van der Waals surface area contributed by atoms with Gasteiger partial charge in [-0.2, -0.15) is 0 Å². The number of aryl methyl sites for hydroxylation is 1. The smallest absolute Gasteiger partial charge is 0.426 e. The Morgan fingerprint density at radius 2 is 1.44 bits per heavy atom. The molecule has 0 saturated carbocycles. The van der Waals surface area contributed by atoms with Crippen LogP contribution in [0, 0.1) is 6.92 Å². The van der Waals surface area contributed by atoms with Crippen molar-refractivity contribution in [3.63, 3.8) is 0 Å². The van der Waals surface area contributed by atoms with Gasteiger partial charge in [-0.25, -0.2) is 0 Å². The van der Waals surface area contributed by atoms with E-state index >= 15 is 0 Å². The average Bonchev–Trinajstić information content (AvgIpc) is 2.73. The predicted molar refractivity (Wildman–Crippen MR) is 112 cm³/mol. The number of pyridine rings is 1. The zero-order valence-corrected chi connectivity index (χ0v) is 15.4. The predicted octanol–water partition coefficient (Wildman–Crippen LogP) is 3.74. The molecular weight excluding hydrogens is 333 g/mol. The lowest BCUT2D eigenvalue weighted by atomic mass is 9.55. The molecule has 1 aromatic heterocycles. The number of nitrogens with zero attached hydrogens (tertiary/aromatic N) is 1. The van der Waals surface area contributed by atoms with Crippen LogP contribution in [0.3, 0.4) is 0 Å². The average molecular weight is 353 g/mol. The number of para-hydroxylation sites is 1. The van der Waals surface area contributed by atoms with Crippen molar-refractivity contribution in [2.24, 2.45) is 0 Å². The van der Waals surface area contributed by atoms with Gasteiger partial charge in [0.2, 0.25) is 0 Å². The zero-order valence-electron chi connectivity index (χ0n) is 15.4. The third-order valence-corrected chi connectivity index (χ3v) is 4.64. The van der Waals surface area contributed by atoms with E-state index in [2.05, 4.69) is 36.2 Å². The molecule has 3 nitrogen and oxygen atoms in total. The van der Waals surface area contributed by atoms with Crippen molar-refractivity contribution in [2.75, 3.05) is 7.11 Å². The van der Waals surface area contributed by atoms with E-state index in [-0.39, 0.29) is 6.92 Å².